The van der Waals surface area contributed by atoms with Gasteiger partial charge in [-0.15, -0.1) is 0 Å². The Morgan fingerprint density at radius 1 is 1.11 bits per heavy atom. The molecule has 0 bridgehead atoms. The minimum atomic E-state index is -0.0643. The number of carbonyl (C=O) groups is 1. The molecule has 2 aromatic rings. The molecule has 98 valence electrons. The average Bonchev–Trinajstić information content (AvgIpc) is 2.40. The van der Waals surface area contributed by atoms with Crippen molar-refractivity contribution in [2.45, 2.75) is 6.92 Å². The van der Waals surface area contributed by atoms with Gasteiger partial charge in [0.1, 0.15) is 0 Å². The standard InChI is InChI=1S/C15H15BrN2O/c1-11-4-2-3-5-14(11)17-10-15(19)18-13-8-6-12(16)7-9-13/h2-9,17H,10H2,1H3,(H,18,19). The molecule has 0 aliphatic heterocycles. The first-order valence-corrected chi connectivity index (χ1v) is 6.79. The number of para-hydroxylation sites is 1. The number of carbonyl (C=O) groups excluding carboxylic acids is 1. The third-order valence-corrected chi connectivity index (χ3v) is 3.24. The molecule has 1 amide bonds. The van der Waals surface area contributed by atoms with Crippen LogP contribution in [0.3, 0.4) is 0 Å². The van der Waals surface area contributed by atoms with Crippen molar-refractivity contribution < 1.29 is 4.79 Å². The van der Waals surface area contributed by atoms with Gasteiger partial charge in [0.15, 0.2) is 0 Å². The molecule has 0 aliphatic rings. The summed E-state index contributed by atoms with van der Waals surface area (Å²) in [6.07, 6.45) is 0. The van der Waals surface area contributed by atoms with Crippen LogP contribution in [-0.2, 0) is 4.79 Å². The second kappa shape index (κ2) is 6.38. The van der Waals surface area contributed by atoms with E-state index in [1.807, 2.05) is 55.5 Å². The summed E-state index contributed by atoms with van der Waals surface area (Å²) in [5, 5.41) is 5.96. The summed E-state index contributed by atoms with van der Waals surface area (Å²) < 4.78 is 0.989. The highest BCUT2D eigenvalue weighted by atomic mass is 79.9. The van der Waals surface area contributed by atoms with E-state index in [2.05, 4.69) is 26.6 Å². The number of nitrogens with one attached hydrogen (secondary N) is 2. The lowest BCUT2D eigenvalue weighted by atomic mass is 10.2. The van der Waals surface area contributed by atoms with Gasteiger partial charge in [0, 0.05) is 15.8 Å². The van der Waals surface area contributed by atoms with Crippen molar-refractivity contribution in [2.24, 2.45) is 0 Å². The van der Waals surface area contributed by atoms with Gasteiger partial charge in [-0.25, -0.2) is 0 Å². The Labute approximate surface area is 121 Å². The molecule has 3 nitrogen and oxygen atoms in total. The zero-order chi connectivity index (χ0) is 13.7. The number of hydrogen-bond donors (Lipinski definition) is 2. The molecule has 0 unspecified atom stereocenters. The first kappa shape index (κ1) is 13.6. The molecule has 2 aromatic carbocycles. The van der Waals surface area contributed by atoms with Crippen molar-refractivity contribution in [1.29, 1.82) is 0 Å². The predicted octanol–water partition coefficient (Wildman–Crippen LogP) is 3.81. The first-order valence-electron chi connectivity index (χ1n) is 6.00. The van der Waals surface area contributed by atoms with Crippen molar-refractivity contribution in [3.63, 3.8) is 0 Å². The van der Waals surface area contributed by atoms with Gasteiger partial charge in [0.2, 0.25) is 5.91 Å². The van der Waals surface area contributed by atoms with Gasteiger partial charge in [-0.3, -0.25) is 4.79 Å². The van der Waals surface area contributed by atoms with E-state index >= 15 is 0 Å². The zero-order valence-corrected chi connectivity index (χ0v) is 12.2. The summed E-state index contributed by atoms with van der Waals surface area (Å²) in [4.78, 5) is 11.8. The largest absolute Gasteiger partial charge is 0.376 e. The van der Waals surface area contributed by atoms with Crippen molar-refractivity contribution >= 4 is 33.2 Å². The third kappa shape index (κ3) is 4.10. The monoisotopic (exact) mass is 318 g/mol. The molecule has 19 heavy (non-hydrogen) atoms. The molecule has 0 radical (unpaired) electrons. The van der Waals surface area contributed by atoms with E-state index in [0.29, 0.717) is 0 Å². The highest BCUT2D eigenvalue weighted by molar-refractivity contribution is 9.10. The van der Waals surface area contributed by atoms with E-state index in [1.54, 1.807) is 0 Å². The summed E-state index contributed by atoms with van der Waals surface area (Å²) in [5.74, 6) is -0.0643. The number of anilines is 2. The Balaban J connectivity index is 1.88. The first-order chi connectivity index (χ1) is 9.15. The van der Waals surface area contributed by atoms with Crippen LogP contribution >= 0.6 is 15.9 Å². The molecule has 2 rings (SSSR count). The quantitative estimate of drug-likeness (QED) is 0.900. The topological polar surface area (TPSA) is 41.1 Å². The minimum absolute atomic E-state index is 0.0643. The van der Waals surface area contributed by atoms with E-state index in [9.17, 15) is 4.79 Å². The van der Waals surface area contributed by atoms with Crippen LogP contribution in [0, 0.1) is 6.92 Å². The van der Waals surface area contributed by atoms with E-state index in [0.717, 1.165) is 21.4 Å². The summed E-state index contributed by atoms with van der Waals surface area (Å²) in [6, 6.07) is 15.4. The van der Waals surface area contributed by atoms with Crippen LogP contribution < -0.4 is 10.6 Å². The van der Waals surface area contributed by atoms with Gasteiger partial charge in [0.05, 0.1) is 6.54 Å². The molecule has 0 atom stereocenters. The van der Waals surface area contributed by atoms with Gasteiger partial charge in [0.25, 0.3) is 0 Å². The molecule has 0 saturated heterocycles. The van der Waals surface area contributed by atoms with Gasteiger partial charge in [-0.1, -0.05) is 34.1 Å². The fourth-order valence-electron chi connectivity index (χ4n) is 1.69. The van der Waals surface area contributed by atoms with Gasteiger partial charge in [-0.2, -0.15) is 0 Å². The maximum atomic E-state index is 11.8. The molecule has 0 spiro atoms. The van der Waals surface area contributed by atoms with Crippen LogP contribution in [0.1, 0.15) is 5.56 Å². The summed E-state index contributed by atoms with van der Waals surface area (Å²) in [5.41, 5.74) is 2.90. The zero-order valence-electron chi connectivity index (χ0n) is 10.6. The van der Waals surface area contributed by atoms with Crippen molar-refractivity contribution in [3.05, 3.63) is 58.6 Å². The number of amides is 1. The molecule has 2 N–H and O–H groups in total. The molecule has 4 heteroatoms. The fourth-order valence-corrected chi connectivity index (χ4v) is 1.95. The number of benzene rings is 2. The Hall–Kier alpha value is -1.81. The van der Waals surface area contributed by atoms with Crippen LogP contribution in [-0.4, -0.2) is 12.5 Å². The average molecular weight is 319 g/mol. The smallest absolute Gasteiger partial charge is 0.243 e. The van der Waals surface area contributed by atoms with Gasteiger partial charge >= 0.3 is 0 Å². The summed E-state index contributed by atoms with van der Waals surface area (Å²) in [7, 11) is 0. The molecular formula is C15H15BrN2O. The fraction of sp³-hybridized carbons (Fsp3) is 0.133. The highest BCUT2D eigenvalue weighted by Gasteiger charge is 2.03. The van der Waals surface area contributed by atoms with Crippen LogP contribution in [0.25, 0.3) is 0 Å². The predicted molar refractivity (Wildman–Crippen MR) is 82.4 cm³/mol. The van der Waals surface area contributed by atoms with Crippen molar-refractivity contribution in [1.82, 2.24) is 0 Å². The Bertz CT molecular complexity index is 567. The Morgan fingerprint density at radius 2 is 1.79 bits per heavy atom. The SMILES string of the molecule is Cc1ccccc1NCC(=O)Nc1ccc(Br)cc1. The normalized spacial score (nSPS) is 10.0. The van der Waals surface area contributed by atoms with E-state index in [4.69, 9.17) is 0 Å². The minimum Gasteiger partial charge on any atom is -0.376 e. The molecular weight excluding hydrogens is 304 g/mol. The van der Waals surface area contributed by atoms with Crippen LogP contribution in [0.15, 0.2) is 53.0 Å². The second-order valence-electron chi connectivity index (χ2n) is 4.22. The van der Waals surface area contributed by atoms with E-state index < -0.39 is 0 Å². The Kier molecular flexibility index (Phi) is 4.58. The molecule has 0 saturated carbocycles. The summed E-state index contributed by atoms with van der Waals surface area (Å²) in [6.45, 7) is 2.26. The van der Waals surface area contributed by atoms with Gasteiger partial charge < -0.3 is 10.6 Å². The summed E-state index contributed by atoms with van der Waals surface area (Å²) >= 11 is 3.36. The number of aryl methyl sites for hydroxylation is 1. The number of halogens is 1. The third-order valence-electron chi connectivity index (χ3n) is 2.71. The van der Waals surface area contributed by atoms with Gasteiger partial charge in [-0.05, 0) is 42.8 Å². The maximum absolute atomic E-state index is 11.8. The second-order valence-corrected chi connectivity index (χ2v) is 5.14. The van der Waals surface area contributed by atoms with E-state index in [1.165, 1.54) is 0 Å². The molecule has 0 fully saturated rings. The number of hydrogen-bond acceptors (Lipinski definition) is 2. The lowest BCUT2D eigenvalue weighted by Crippen LogP contribution is -2.21. The number of rotatable bonds is 4. The molecule has 0 heterocycles. The Morgan fingerprint density at radius 3 is 2.47 bits per heavy atom. The van der Waals surface area contributed by atoms with Crippen LogP contribution in [0.4, 0.5) is 11.4 Å². The lowest BCUT2D eigenvalue weighted by Gasteiger charge is -2.09. The van der Waals surface area contributed by atoms with E-state index in [-0.39, 0.29) is 12.5 Å². The maximum Gasteiger partial charge on any atom is 0.243 e. The lowest BCUT2D eigenvalue weighted by molar-refractivity contribution is -0.114. The van der Waals surface area contributed by atoms with Crippen LogP contribution in [0.5, 0.6) is 0 Å². The molecule has 0 aliphatic carbocycles. The van der Waals surface area contributed by atoms with Crippen LogP contribution in [0.2, 0.25) is 0 Å². The highest BCUT2D eigenvalue weighted by Crippen LogP contribution is 2.15. The van der Waals surface area contributed by atoms with Crippen molar-refractivity contribution in [2.75, 3.05) is 17.2 Å². The molecule has 0 aromatic heterocycles. The van der Waals surface area contributed by atoms with Crippen molar-refractivity contribution in [3.8, 4) is 0 Å².